The van der Waals surface area contributed by atoms with Crippen LogP contribution in [0.25, 0.3) is 0 Å². The second kappa shape index (κ2) is 4.37. The Kier molecular flexibility index (Phi) is 3.10. The van der Waals surface area contributed by atoms with Crippen molar-refractivity contribution >= 4 is 0 Å². The number of rotatable bonds is 2. The Morgan fingerprint density at radius 3 is 2.44 bits per heavy atom. The second-order valence-corrected chi connectivity index (χ2v) is 4.32. The number of benzene rings is 1. The summed E-state index contributed by atoms with van der Waals surface area (Å²) >= 11 is 0. The van der Waals surface area contributed by atoms with E-state index in [0.717, 1.165) is 31.9 Å². The maximum Gasteiger partial charge on any atom is 0.158 e. The number of ether oxygens (including phenoxy) is 1. The van der Waals surface area contributed by atoms with E-state index >= 15 is 0 Å². The maximum absolute atomic E-state index is 13.0. The molecule has 0 saturated carbocycles. The van der Waals surface area contributed by atoms with Crippen LogP contribution >= 0.6 is 0 Å². The maximum atomic E-state index is 13.0. The van der Waals surface area contributed by atoms with Crippen LogP contribution in [-0.4, -0.2) is 12.3 Å². The molecule has 0 radical (unpaired) electrons. The molecule has 1 aliphatic rings. The van der Waals surface area contributed by atoms with Gasteiger partial charge in [0.1, 0.15) is 17.4 Å². The largest absolute Gasteiger partial charge is 0.473 e. The van der Waals surface area contributed by atoms with Gasteiger partial charge in [-0.1, -0.05) is 0 Å². The van der Waals surface area contributed by atoms with Crippen molar-refractivity contribution in [1.82, 2.24) is 5.32 Å². The summed E-state index contributed by atoms with van der Waals surface area (Å²) in [5, 5.41) is 3.22. The molecule has 1 N–H and O–H groups in total. The Bertz CT molecular complexity index is 355. The normalized spacial score (nSPS) is 25.4. The van der Waals surface area contributed by atoms with Crippen molar-refractivity contribution in [3.05, 3.63) is 29.8 Å². The molecule has 4 heteroatoms. The third-order valence-corrected chi connectivity index (χ3v) is 2.76. The van der Waals surface area contributed by atoms with Gasteiger partial charge < -0.3 is 4.74 Å². The van der Waals surface area contributed by atoms with Crippen LogP contribution in [0.3, 0.4) is 0 Å². The highest BCUT2D eigenvalue weighted by Crippen LogP contribution is 2.25. The lowest BCUT2D eigenvalue weighted by atomic mass is 10.0. The van der Waals surface area contributed by atoms with Gasteiger partial charge in [0.15, 0.2) is 5.72 Å². The zero-order valence-electron chi connectivity index (χ0n) is 9.22. The van der Waals surface area contributed by atoms with Crippen molar-refractivity contribution in [3.63, 3.8) is 0 Å². The molecule has 2 rings (SSSR count). The number of piperidine rings is 1. The molecule has 0 amide bonds. The van der Waals surface area contributed by atoms with E-state index in [1.54, 1.807) is 0 Å². The average molecular weight is 227 g/mol. The summed E-state index contributed by atoms with van der Waals surface area (Å²) < 4.78 is 31.5. The third kappa shape index (κ3) is 2.70. The van der Waals surface area contributed by atoms with Gasteiger partial charge in [0, 0.05) is 24.6 Å². The molecule has 1 fully saturated rings. The molecule has 1 unspecified atom stereocenters. The van der Waals surface area contributed by atoms with Gasteiger partial charge in [-0.15, -0.1) is 0 Å². The lowest BCUT2D eigenvalue weighted by Crippen LogP contribution is -2.50. The summed E-state index contributed by atoms with van der Waals surface area (Å²) in [4.78, 5) is 0. The van der Waals surface area contributed by atoms with Crippen LogP contribution in [0.2, 0.25) is 0 Å². The van der Waals surface area contributed by atoms with Gasteiger partial charge in [-0.05, 0) is 26.3 Å². The van der Waals surface area contributed by atoms with Crippen molar-refractivity contribution < 1.29 is 13.5 Å². The SMILES string of the molecule is CC1(Oc2cc(F)cc(F)c2)CCCCN1. The van der Waals surface area contributed by atoms with Crippen LogP contribution in [0.15, 0.2) is 18.2 Å². The Balaban J connectivity index is 2.13. The van der Waals surface area contributed by atoms with Gasteiger partial charge in [-0.2, -0.15) is 0 Å². The van der Waals surface area contributed by atoms with Crippen LogP contribution in [0.4, 0.5) is 8.78 Å². The Hall–Kier alpha value is -1.16. The predicted molar refractivity (Wildman–Crippen MR) is 57.2 cm³/mol. The minimum Gasteiger partial charge on any atom is -0.473 e. The molecular formula is C12H15F2NO. The molecular weight excluding hydrogens is 212 g/mol. The van der Waals surface area contributed by atoms with Crippen molar-refractivity contribution in [1.29, 1.82) is 0 Å². The predicted octanol–water partition coefficient (Wildman–Crippen LogP) is 2.83. The summed E-state index contributed by atoms with van der Waals surface area (Å²) in [6, 6.07) is 3.23. The highest BCUT2D eigenvalue weighted by molar-refractivity contribution is 5.24. The highest BCUT2D eigenvalue weighted by Gasteiger charge is 2.28. The Morgan fingerprint density at radius 1 is 1.19 bits per heavy atom. The summed E-state index contributed by atoms with van der Waals surface area (Å²) in [5.41, 5.74) is -0.515. The number of hydrogen-bond donors (Lipinski definition) is 1. The zero-order chi connectivity index (χ0) is 11.6. The molecule has 1 heterocycles. The van der Waals surface area contributed by atoms with Gasteiger partial charge in [0.05, 0.1) is 0 Å². The van der Waals surface area contributed by atoms with Crippen LogP contribution < -0.4 is 10.1 Å². The Morgan fingerprint density at radius 2 is 1.88 bits per heavy atom. The molecule has 0 bridgehead atoms. The van der Waals surface area contributed by atoms with Crippen molar-refractivity contribution in [2.24, 2.45) is 0 Å². The first kappa shape index (κ1) is 11.3. The third-order valence-electron chi connectivity index (χ3n) is 2.76. The van der Waals surface area contributed by atoms with E-state index in [0.29, 0.717) is 0 Å². The molecule has 0 spiro atoms. The van der Waals surface area contributed by atoms with Crippen molar-refractivity contribution in [2.45, 2.75) is 31.9 Å². The summed E-state index contributed by atoms with van der Waals surface area (Å²) in [7, 11) is 0. The van der Waals surface area contributed by atoms with Gasteiger partial charge in [-0.3, -0.25) is 5.32 Å². The lowest BCUT2D eigenvalue weighted by Gasteiger charge is -2.35. The molecule has 1 aromatic carbocycles. The van der Waals surface area contributed by atoms with E-state index in [1.165, 1.54) is 12.1 Å². The smallest absolute Gasteiger partial charge is 0.158 e. The first-order valence-electron chi connectivity index (χ1n) is 5.48. The topological polar surface area (TPSA) is 21.3 Å². The van der Waals surface area contributed by atoms with E-state index in [-0.39, 0.29) is 5.75 Å². The second-order valence-electron chi connectivity index (χ2n) is 4.32. The van der Waals surface area contributed by atoms with E-state index < -0.39 is 17.4 Å². The van der Waals surface area contributed by atoms with Crippen LogP contribution in [0, 0.1) is 11.6 Å². The average Bonchev–Trinajstić information content (AvgIpc) is 2.15. The molecule has 16 heavy (non-hydrogen) atoms. The molecule has 1 aromatic rings. The molecule has 88 valence electrons. The standard InChI is InChI=1S/C12H15F2NO/c1-12(4-2-3-5-15-12)16-11-7-9(13)6-10(14)8-11/h6-8,15H,2-5H2,1H3. The van der Waals surface area contributed by atoms with Crippen molar-refractivity contribution in [2.75, 3.05) is 6.54 Å². The molecule has 1 aliphatic heterocycles. The fraction of sp³-hybridized carbons (Fsp3) is 0.500. The van der Waals surface area contributed by atoms with Crippen LogP contribution in [0.5, 0.6) is 5.75 Å². The minimum atomic E-state index is -0.616. The number of halogens is 2. The first-order valence-corrected chi connectivity index (χ1v) is 5.48. The first-order chi connectivity index (χ1) is 7.57. The van der Waals surface area contributed by atoms with E-state index in [1.807, 2.05) is 6.92 Å². The monoisotopic (exact) mass is 227 g/mol. The fourth-order valence-electron chi connectivity index (χ4n) is 1.96. The molecule has 1 saturated heterocycles. The van der Waals surface area contributed by atoms with Gasteiger partial charge in [-0.25, -0.2) is 8.78 Å². The van der Waals surface area contributed by atoms with Crippen molar-refractivity contribution in [3.8, 4) is 5.75 Å². The Labute approximate surface area is 93.6 Å². The van der Waals surface area contributed by atoms with E-state index in [4.69, 9.17) is 4.74 Å². The minimum absolute atomic E-state index is 0.231. The quantitative estimate of drug-likeness (QED) is 0.838. The zero-order valence-corrected chi connectivity index (χ0v) is 9.22. The summed E-state index contributed by atoms with van der Waals surface area (Å²) in [6.45, 7) is 2.77. The van der Waals surface area contributed by atoms with Crippen LogP contribution in [-0.2, 0) is 0 Å². The lowest BCUT2D eigenvalue weighted by molar-refractivity contribution is 0.0250. The molecule has 1 atom stereocenters. The summed E-state index contributed by atoms with van der Waals surface area (Å²) in [5.74, 6) is -1.00. The van der Waals surface area contributed by atoms with E-state index in [9.17, 15) is 8.78 Å². The summed E-state index contributed by atoms with van der Waals surface area (Å²) in [6.07, 6.45) is 3.00. The van der Waals surface area contributed by atoms with E-state index in [2.05, 4.69) is 5.32 Å². The number of nitrogens with one attached hydrogen (secondary N) is 1. The fourth-order valence-corrected chi connectivity index (χ4v) is 1.96. The molecule has 2 nitrogen and oxygen atoms in total. The molecule has 0 aromatic heterocycles. The van der Waals surface area contributed by atoms with Gasteiger partial charge in [0.25, 0.3) is 0 Å². The highest BCUT2D eigenvalue weighted by atomic mass is 19.1. The number of hydrogen-bond acceptors (Lipinski definition) is 2. The van der Waals surface area contributed by atoms with Gasteiger partial charge >= 0.3 is 0 Å². The molecule has 0 aliphatic carbocycles. The van der Waals surface area contributed by atoms with Gasteiger partial charge in [0.2, 0.25) is 0 Å². The van der Waals surface area contributed by atoms with Crippen LogP contribution in [0.1, 0.15) is 26.2 Å².